The molecule has 1 atom stereocenters. The van der Waals surface area contributed by atoms with Gasteiger partial charge in [0, 0.05) is 10.9 Å². The second-order valence-corrected chi connectivity index (χ2v) is 5.63. The van der Waals surface area contributed by atoms with Gasteiger partial charge in [0.15, 0.2) is 0 Å². The molecule has 0 unspecified atom stereocenters. The van der Waals surface area contributed by atoms with Crippen molar-refractivity contribution >= 4 is 28.4 Å². The second kappa shape index (κ2) is 6.01. The SMILES string of the molecule is C[C@@H](NC(=O)c1[nH]c2ccc(F)cc2c1Cl)c1cccc(F)c1. The van der Waals surface area contributed by atoms with Gasteiger partial charge in [-0.1, -0.05) is 23.7 Å². The van der Waals surface area contributed by atoms with E-state index in [0.717, 1.165) is 0 Å². The summed E-state index contributed by atoms with van der Waals surface area (Å²) >= 11 is 6.16. The normalized spacial score (nSPS) is 12.3. The van der Waals surface area contributed by atoms with Crippen molar-refractivity contribution in [2.45, 2.75) is 13.0 Å². The van der Waals surface area contributed by atoms with Crippen LogP contribution in [-0.2, 0) is 0 Å². The Hall–Kier alpha value is -2.40. The molecule has 1 heterocycles. The zero-order valence-electron chi connectivity index (χ0n) is 12.2. The molecule has 0 aliphatic rings. The van der Waals surface area contributed by atoms with E-state index in [9.17, 15) is 13.6 Å². The number of carbonyl (C=O) groups is 1. The lowest BCUT2D eigenvalue weighted by Gasteiger charge is -2.14. The number of nitrogens with one attached hydrogen (secondary N) is 2. The van der Waals surface area contributed by atoms with E-state index < -0.39 is 17.8 Å². The van der Waals surface area contributed by atoms with Crippen molar-refractivity contribution in [3.05, 3.63) is 70.4 Å². The predicted molar refractivity (Wildman–Crippen MR) is 85.5 cm³/mol. The highest BCUT2D eigenvalue weighted by molar-refractivity contribution is 6.38. The Bertz CT molecular complexity index is 891. The lowest BCUT2D eigenvalue weighted by molar-refractivity contribution is 0.0935. The van der Waals surface area contributed by atoms with E-state index in [1.165, 1.54) is 30.3 Å². The van der Waals surface area contributed by atoms with Crippen LogP contribution in [-0.4, -0.2) is 10.9 Å². The number of amides is 1. The summed E-state index contributed by atoms with van der Waals surface area (Å²) < 4.78 is 26.5. The van der Waals surface area contributed by atoms with E-state index in [1.807, 2.05) is 0 Å². The molecule has 118 valence electrons. The maximum atomic E-state index is 13.3. The highest BCUT2D eigenvalue weighted by Crippen LogP contribution is 2.28. The van der Waals surface area contributed by atoms with E-state index in [1.54, 1.807) is 19.1 Å². The van der Waals surface area contributed by atoms with Gasteiger partial charge in [-0.15, -0.1) is 0 Å². The first-order chi connectivity index (χ1) is 11.0. The molecule has 23 heavy (non-hydrogen) atoms. The Kier molecular flexibility index (Phi) is 4.05. The molecule has 1 aromatic heterocycles. The largest absolute Gasteiger partial charge is 0.349 e. The average molecular weight is 335 g/mol. The molecule has 3 nitrogen and oxygen atoms in total. The zero-order valence-corrected chi connectivity index (χ0v) is 12.9. The molecule has 0 saturated heterocycles. The van der Waals surface area contributed by atoms with Gasteiger partial charge in [0.25, 0.3) is 5.91 Å². The number of H-pyrrole nitrogens is 1. The van der Waals surface area contributed by atoms with Crippen LogP contribution in [0.2, 0.25) is 5.02 Å². The molecule has 0 aliphatic heterocycles. The fourth-order valence-electron chi connectivity index (χ4n) is 2.42. The van der Waals surface area contributed by atoms with Gasteiger partial charge < -0.3 is 10.3 Å². The Labute approximate surface area is 136 Å². The summed E-state index contributed by atoms with van der Waals surface area (Å²) in [7, 11) is 0. The summed E-state index contributed by atoms with van der Waals surface area (Å²) in [6, 6.07) is 9.64. The predicted octanol–water partition coefficient (Wildman–Crippen LogP) is 4.59. The number of fused-ring (bicyclic) bond motifs is 1. The van der Waals surface area contributed by atoms with Gasteiger partial charge in [-0.05, 0) is 42.8 Å². The van der Waals surface area contributed by atoms with Crippen LogP contribution in [0.25, 0.3) is 10.9 Å². The Morgan fingerprint density at radius 2 is 1.91 bits per heavy atom. The van der Waals surface area contributed by atoms with Crippen LogP contribution in [0.4, 0.5) is 8.78 Å². The molecule has 0 aliphatic carbocycles. The minimum atomic E-state index is -0.441. The van der Waals surface area contributed by atoms with Gasteiger partial charge in [0.2, 0.25) is 0 Å². The number of carbonyl (C=O) groups excluding carboxylic acids is 1. The summed E-state index contributed by atoms with van der Waals surface area (Å²) in [4.78, 5) is 15.2. The first-order valence-corrected chi connectivity index (χ1v) is 7.36. The van der Waals surface area contributed by atoms with E-state index in [4.69, 9.17) is 11.6 Å². The summed E-state index contributed by atoms with van der Waals surface area (Å²) in [5, 5.41) is 3.34. The molecule has 0 spiro atoms. The number of hydrogen-bond acceptors (Lipinski definition) is 1. The number of halogens is 3. The first kappa shape index (κ1) is 15.5. The Morgan fingerprint density at radius 1 is 1.17 bits per heavy atom. The molecule has 3 aromatic rings. The number of hydrogen-bond donors (Lipinski definition) is 2. The molecule has 1 amide bonds. The van der Waals surface area contributed by atoms with Gasteiger partial charge in [-0.3, -0.25) is 4.79 Å². The Balaban J connectivity index is 1.87. The standard InChI is InChI=1S/C17H13ClF2N2O/c1-9(10-3-2-4-11(19)7-10)21-17(23)16-15(18)13-8-12(20)5-6-14(13)22-16/h2-9,22H,1H3,(H,21,23)/t9-/m1/s1. The number of rotatable bonds is 3. The van der Waals surface area contributed by atoms with E-state index in [0.29, 0.717) is 16.5 Å². The van der Waals surface area contributed by atoms with Gasteiger partial charge in [0.05, 0.1) is 11.1 Å². The lowest BCUT2D eigenvalue weighted by Crippen LogP contribution is -2.27. The van der Waals surface area contributed by atoms with Gasteiger partial charge in [-0.2, -0.15) is 0 Å². The third kappa shape index (κ3) is 3.05. The van der Waals surface area contributed by atoms with Gasteiger partial charge in [-0.25, -0.2) is 8.78 Å². The zero-order chi connectivity index (χ0) is 16.6. The van der Waals surface area contributed by atoms with Crippen LogP contribution >= 0.6 is 11.6 Å². The van der Waals surface area contributed by atoms with E-state index >= 15 is 0 Å². The fourth-order valence-corrected chi connectivity index (χ4v) is 2.71. The molecule has 2 N–H and O–H groups in total. The maximum absolute atomic E-state index is 13.3. The summed E-state index contributed by atoms with van der Waals surface area (Å²) in [6.45, 7) is 1.74. The molecule has 0 radical (unpaired) electrons. The smallest absolute Gasteiger partial charge is 0.269 e. The van der Waals surface area contributed by atoms with Crippen molar-refractivity contribution in [2.75, 3.05) is 0 Å². The fraction of sp³-hybridized carbons (Fsp3) is 0.118. The van der Waals surface area contributed by atoms with Crippen LogP contribution in [0.1, 0.15) is 29.0 Å². The van der Waals surface area contributed by atoms with Crippen molar-refractivity contribution in [1.29, 1.82) is 0 Å². The third-order valence-corrected chi connectivity index (χ3v) is 4.01. The molecule has 0 fully saturated rings. The van der Waals surface area contributed by atoms with Crippen molar-refractivity contribution in [3.63, 3.8) is 0 Å². The van der Waals surface area contributed by atoms with Crippen molar-refractivity contribution in [3.8, 4) is 0 Å². The quantitative estimate of drug-likeness (QED) is 0.723. The third-order valence-electron chi connectivity index (χ3n) is 3.62. The molecule has 0 saturated carbocycles. The minimum absolute atomic E-state index is 0.149. The maximum Gasteiger partial charge on any atom is 0.269 e. The summed E-state index contributed by atoms with van der Waals surface area (Å²) in [5.74, 6) is -1.25. The van der Waals surface area contributed by atoms with E-state index in [-0.39, 0.29) is 16.5 Å². The molecule has 3 rings (SSSR count). The van der Waals surface area contributed by atoms with E-state index in [2.05, 4.69) is 10.3 Å². The highest BCUT2D eigenvalue weighted by Gasteiger charge is 2.19. The summed E-state index contributed by atoms with van der Waals surface area (Å²) in [5.41, 5.74) is 1.35. The topological polar surface area (TPSA) is 44.9 Å². The monoisotopic (exact) mass is 334 g/mol. The Morgan fingerprint density at radius 3 is 2.65 bits per heavy atom. The number of aromatic amines is 1. The molecular formula is C17H13ClF2N2O. The van der Waals surface area contributed by atoms with Gasteiger partial charge >= 0.3 is 0 Å². The van der Waals surface area contributed by atoms with Crippen LogP contribution in [0, 0.1) is 11.6 Å². The summed E-state index contributed by atoms with van der Waals surface area (Å²) in [6.07, 6.45) is 0. The van der Waals surface area contributed by atoms with Crippen molar-refractivity contribution < 1.29 is 13.6 Å². The molecule has 2 aromatic carbocycles. The second-order valence-electron chi connectivity index (χ2n) is 5.25. The molecule has 0 bridgehead atoms. The number of aromatic nitrogens is 1. The van der Waals surface area contributed by atoms with Crippen molar-refractivity contribution in [2.24, 2.45) is 0 Å². The molecule has 6 heteroatoms. The van der Waals surface area contributed by atoms with Crippen LogP contribution in [0.3, 0.4) is 0 Å². The average Bonchev–Trinajstić information content (AvgIpc) is 2.84. The lowest BCUT2D eigenvalue weighted by atomic mass is 10.1. The highest BCUT2D eigenvalue weighted by atomic mass is 35.5. The van der Waals surface area contributed by atoms with Crippen LogP contribution < -0.4 is 5.32 Å². The number of benzene rings is 2. The van der Waals surface area contributed by atoms with Gasteiger partial charge in [0.1, 0.15) is 17.3 Å². The minimum Gasteiger partial charge on any atom is -0.349 e. The van der Waals surface area contributed by atoms with Crippen molar-refractivity contribution in [1.82, 2.24) is 10.3 Å². The van der Waals surface area contributed by atoms with Crippen LogP contribution in [0.15, 0.2) is 42.5 Å². The molecular weight excluding hydrogens is 322 g/mol. The van der Waals surface area contributed by atoms with Crippen LogP contribution in [0.5, 0.6) is 0 Å². The first-order valence-electron chi connectivity index (χ1n) is 6.99.